The average molecular weight is 343 g/mol. The molecule has 0 radical (unpaired) electrons. The highest BCUT2D eigenvalue weighted by Crippen LogP contribution is 2.37. The molecule has 1 N–H and O–H groups in total. The van der Waals surface area contributed by atoms with Crippen molar-refractivity contribution >= 4 is 27.3 Å². The molecule has 0 saturated carbocycles. The number of halogens is 1. The lowest BCUT2D eigenvalue weighted by Gasteiger charge is -2.12. The Labute approximate surface area is 133 Å². The summed E-state index contributed by atoms with van der Waals surface area (Å²) in [6.45, 7) is 3.99. The van der Waals surface area contributed by atoms with E-state index in [1.54, 1.807) is 13.0 Å². The Balaban J connectivity index is 2.06. The molecule has 0 fully saturated rings. The molecule has 0 bridgehead atoms. The zero-order valence-corrected chi connectivity index (χ0v) is 13.7. The highest BCUT2D eigenvalue weighted by atomic mass is 35.5. The summed E-state index contributed by atoms with van der Waals surface area (Å²) >= 11 is 6.03. The lowest BCUT2D eigenvalue weighted by Crippen LogP contribution is -2.15. The summed E-state index contributed by atoms with van der Waals surface area (Å²) in [4.78, 5) is 0.0372. The molecule has 22 heavy (non-hydrogen) atoms. The largest absolute Gasteiger partial charge is 0.492 e. The van der Waals surface area contributed by atoms with Gasteiger partial charge in [0.15, 0.2) is 5.76 Å². The number of fused-ring (bicyclic) bond motifs is 1. The summed E-state index contributed by atoms with van der Waals surface area (Å²) in [6, 6.07) is 3.12. The van der Waals surface area contributed by atoms with Gasteiger partial charge in [-0.05, 0) is 19.1 Å². The average Bonchev–Trinajstić information content (AvgIpc) is 3.05. The number of nitrogens with one attached hydrogen (secondary N) is 1. The summed E-state index contributed by atoms with van der Waals surface area (Å²) in [5.41, 5.74) is 1.65. The van der Waals surface area contributed by atoms with Crippen molar-refractivity contribution in [2.45, 2.75) is 31.6 Å². The molecule has 0 saturated heterocycles. The van der Waals surface area contributed by atoms with E-state index in [1.807, 2.05) is 6.92 Å². The van der Waals surface area contributed by atoms with Crippen LogP contribution in [0.5, 0.6) is 5.75 Å². The summed E-state index contributed by atoms with van der Waals surface area (Å²) in [5.74, 6) is 0.852. The number of aromatic nitrogens is 1. The van der Waals surface area contributed by atoms with E-state index in [1.165, 1.54) is 6.07 Å². The van der Waals surface area contributed by atoms with Gasteiger partial charge in [0.25, 0.3) is 10.0 Å². The number of nitrogens with zero attached hydrogens (tertiary/aromatic N) is 1. The van der Waals surface area contributed by atoms with E-state index in [2.05, 4.69) is 9.88 Å². The number of hydrogen-bond acceptors (Lipinski definition) is 5. The molecular weight excluding hydrogens is 328 g/mol. The van der Waals surface area contributed by atoms with Crippen LogP contribution in [0.4, 0.5) is 5.69 Å². The number of ether oxygens (including phenoxy) is 1. The number of rotatable bonds is 4. The molecule has 8 heteroatoms. The number of anilines is 1. The Morgan fingerprint density at radius 3 is 2.91 bits per heavy atom. The molecule has 2 aromatic rings. The van der Waals surface area contributed by atoms with Gasteiger partial charge in [-0.1, -0.05) is 23.7 Å². The molecule has 1 aromatic carbocycles. The maximum absolute atomic E-state index is 12.7. The van der Waals surface area contributed by atoms with E-state index in [0.29, 0.717) is 47.4 Å². The molecule has 1 aliphatic heterocycles. The maximum Gasteiger partial charge on any atom is 0.265 e. The van der Waals surface area contributed by atoms with Gasteiger partial charge in [0.1, 0.15) is 22.0 Å². The van der Waals surface area contributed by atoms with Gasteiger partial charge in [-0.2, -0.15) is 0 Å². The molecule has 1 aliphatic rings. The van der Waals surface area contributed by atoms with E-state index in [9.17, 15) is 8.42 Å². The van der Waals surface area contributed by atoms with Gasteiger partial charge in [-0.3, -0.25) is 4.72 Å². The van der Waals surface area contributed by atoms with Gasteiger partial charge >= 0.3 is 0 Å². The van der Waals surface area contributed by atoms with Crippen LogP contribution in [0.2, 0.25) is 5.02 Å². The molecule has 0 spiro atoms. The SMILES string of the molecule is CCc1onc(C)c1NS(=O)(=O)c1cc(Cl)cc2c1OCC2. The van der Waals surface area contributed by atoms with E-state index in [4.69, 9.17) is 20.9 Å². The third-order valence-electron chi connectivity index (χ3n) is 3.49. The van der Waals surface area contributed by atoms with Crippen molar-refractivity contribution in [3.63, 3.8) is 0 Å². The van der Waals surface area contributed by atoms with Gasteiger partial charge in [0.05, 0.1) is 6.61 Å². The van der Waals surface area contributed by atoms with Crippen LogP contribution in [0.15, 0.2) is 21.6 Å². The predicted molar refractivity (Wildman–Crippen MR) is 82.1 cm³/mol. The number of benzene rings is 1. The van der Waals surface area contributed by atoms with Gasteiger partial charge in [-0.25, -0.2) is 8.42 Å². The third kappa shape index (κ3) is 2.55. The fourth-order valence-electron chi connectivity index (χ4n) is 2.41. The molecule has 6 nitrogen and oxygen atoms in total. The normalized spacial score (nSPS) is 13.8. The lowest BCUT2D eigenvalue weighted by atomic mass is 10.2. The van der Waals surface area contributed by atoms with Crippen molar-refractivity contribution in [1.29, 1.82) is 0 Å². The van der Waals surface area contributed by atoms with Crippen LogP contribution < -0.4 is 9.46 Å². The first-order valence-electron chi connectivity index (χ1n) is 6.85. The summed E-state index contributed by atoms with van der Waals surface area (Å²) < 4.78 is 38.5. The Morgan fingerprint density at radius 2 is 2.18 bits per heavy atom. The molecule has 3 rings (SSSR count). The Bertz CT molecular complexity index is 830. The molecule has 0 amide bonds. The van der Waals surface area contributed by atoms with Crippen LogP contribution in [-0.2, 0) is 22.9 Å². The second kappa shape index (κ2) is 5.48. The van der Waals surface area contributed by atoms with Gasteiger partial charge in [-0.15, -0.1) is 0 Å². The first-order valence-corrected chi connectivity index (χ1v) is 8.71. The van der Waals surface area contributed by atoms with Crippen molar-refractivity contribution < 1.29 is 17.7 Å². The zero-order valence-electron chi connectivity index (χ0n) is 12.1. The zero-order chi connectivity index (χ0) is 15.9. The fourth-order valence-corrected chi connectivity index (χ4v) is 4.07. The van der Waals surface area contributed by atoms with Gasteiger partial charge < -0.3 is 9.26 Å². The van der Waals surface area contributed by atoms with Crippen molar-refractivity contribution in [2.24, 2.45) is 0 Å². The molecule has 0 aliphatic carbocycles. The summed E-state index contributed by atoms with van der Waals surface area (Å²) in [5, 5.41) is 4.16. The van der Waals surface area contributed by atoms with E-state index in [0.717, 1.165) is 5.56 Å². The number of sulfonamides is 1. The molecule has 0 unspecified atom stereocenters. The maximum atomic E-state index is 12.7. The number of aryl methyl sites for hydroxylation is 2. The highest BCUT2D eigenvalue weighted by Gasteiger charge is 2.28. The van der Waals surface area contributed by atoms with Gasteiger partial charge in [0, 0.05) is 23.4 Å². The highest BCUT2D eigenvalue weighted by molar-refractivity contribution is 7.92. The van der Waals surface area contributed by atoms with E-state index >= 15 is 0 Å². The summed E-state index contributed by atoms with van der Waals surface area (Å²) in [6.07, 6.45) is 1.17. The monoisotopic (exact) mass is 342 g/mol. The quantitative estimate of drug-likeness (QED) is 0.923. The minimum absolute atomic E-state index is 0.0372. The van der Waals surface area contributed by atoms with Crippen LogP contribution in [0.1, 0.15) is 23.9 Å². The van der Waals surface area contributed by atoms with Crippen molar-refractivity contribution in [3.8, 4) is 5.75 Å². The van der Waals surface area contributed by atoms with Crippen LogP contribution in [0, 0.1) is 6.92 Å². The Morgan fingerprint density at radius 1 is 1.41 bits per heavy atom. The first-order chi connectivity index (χ1) is 10.4. The molecule has 1 aromatic heterocycles. The van der Waals surface area contributed by atoms with Crippen molar-refractivity contribution in [1.82, 2.24) is 5.16 Å². The topological polar surface area (TPSA) is 81.4 Å². The molecular formula is C14H15ClN2O4S. The smallest absolute Gasteiger partial charge is 0.265 e. The minimum Gasteiger partial charge on any atom is -0.492 e. The first kappa shape index (κ1) is 15.2. The number of hydrogen-bond donors (Lipinski definition) is 1. The van der Waals surface area contributed by atoms with E-state index < -0.39 is 10.0 Å². The van der Waals surface area contributed by atoms with Crippen LogP contribution >= 0.6 is 11.6 Å². The molecule has 0 atom stereocenters. The second-order valence-corrected chi connectivity index (χ2v) is 7.10. The standard InChI is InChI=1S/C14H15ClN2O4S/c1-3-11-13(8(2)16-21-11)17-22(18,19)12-7-10(15)6-9-4-5-20-14(9)12/h6-7,17H,3-5H2,1-2H3. The van der Waals surface area contributed by atoms with E-state index in [-0.39, 0.29) is 4.90 Å². The van der Waals surface area contributed by atoms with Crippen LogP contribution in [0.3, 0.4) is 0 Å². The lowest BCUT2D eigenvalue weighted by molar-refractivity contribution is 0.348. The minimum atomic E-state index is -3.85. The second-order valence-electron chi connectivity index (χ2n) is 5.02. The fraction of sp³-hybridized carbons (Fsp3) is 0.357. The van der Waals surface area contributed by atoms with Crippen molar-refractivity contribution in [3.05, 3.63) is 34.2 Å². The van der Waals surface area contributed by atoms with Gasteiger partial charge in [0.2, 0.25) is 0 Å². The Kier molecular flexibility index (Phi) is 3.78. The summed E-state index contributed by atoms with van der Waals surface area (Å²) in [7, 11) is -3.85. The van der Waals surface area contributed by atoms with Crippen LogP contribution in [0.25, 0.3) is 0 Å². The van der Waals surface area contributed by atoms with Crippen molar-refractivity contribution in [2.75, 3.05) is 11.3 Å². The Hall–Kier alpha value is -1.73. The third-order valence-corrected chi connectivity index (χ3v) is 5.07. The molecule has 118 valence electrons. The predicted octanol–water partition coefficient (Wildman–Crippen LogP) is 2.93. The van der Waals surface area contributed by atoms with Crippen LogP contribution in [-0.4, -0.2) is 20.2 Å². The molecule has 2 heterocycles.